The monoisotopic (exact) mass is 537 g/mol. The van der Waals surface area contributed by atoms with Crippen LogP contribution in [0.2, 0.25) is 0 Å². The van der Waals surface area contributed by atoms with Crippen molar-refractivity contribution in [3.63, 3.8) is 0 Å². The Balaban J connectivity index is 1.05. The van der Waals surface area contributed by atoms with Gasteiger partial charge in [0.2, 0.25) is 5.95 Å². The maximum atomic E-state index is 13.1. The summed E-state index contributed by atoms with van der Waals surface area (Å²) in [4.78, 5) is 41.1. The van der Waals surface area contributed by atoms with Crippen LogP contribution in [0.4, 0.5) is 11.1 Å². The number of amides is 1. The molecule has 5 N–H and O–H groups in total. The second-order valence-electron chi connectivity index (χ2n) is 9.28. The summed E-state index contributed by atoms with van der Waals surface area (Å²) in [7, 11) is 0. The number of nitrogens with zero attached hydrogens (tertiary/aromatic N) is 4. The van der Waals surface area contributed by atoms with E-state index in [-0.39, 0.29) is 11.5 Å². The lowest BCUT2D eigenvalue weighted by atomic mass is 10.1. The minimum atomic E-state index is -0.0937. The van der Waals surface area contributed by atoms with Gasteiger partial charge in [-0.3, -0.25) is 20.1 Å². The molecular formula is C24H27N9O2S2. The average molecular weight is 538 g/mol. The maximum Gasteiger partial charge on any atom is 0.267 e. The minimum absolute atomic E-state index is 0.0400. The van der Waals surface area contributed by atoms with Crippen LogP contribution in [0.15, 0.2) is 40.3 Å². The van der Waals surface area contributed by atoms with E-state index in [1.807, 2.05) is 24.5 Å². The van der Waals surface area contributed by atoms with Gasteiger partial charge < -0.3 is 15.3 Å². The van der Waals surface area contributed by atoms with E-state index in [1.165, 1.54) is 0 Å². The number of rotatable bonds is 7. The molecule has 1 saturated carbocycles. The molecule has 2 aliphatic rings. The van der Waals surface area contributed by atoms with Gasteiger partial charge in [-0.2, -0.15) is 0 Å². The van der Waals surface area contributed by atoms with Crippen LogP contribution >= 0.6 is 23.1 Å². The molecule has 2 atom stereocenters. The van der Waals surface area contributed by atoms with E-state index in [2.05, 4.69) is 36.3 Å². The zero-order valence-electron chi connectivity index (χ0n) is 20.2. The average Bonchev–Trinajstić information content (AvgIpc) is 3.65. The second-order valence-corrected chi connectivity index (χ2v) is 11.2. The van der Waals surface area contributed by atoms with Crippen LogP contribution in [-0.2, 0) is 13.0 Å². The largest absolute Gasteiger partial charge is 0.359 e. The molecule has 0 unspecified atom stereocenters. The number of thioether (sulfide) groups is 1. The predicted molar refractivity (Wildman–Crippen MR) is 145 cm³/mol. The van der Waals surface area contributed by atoms with E-state index in [9.17, 15) is 9.59 Å². The van der Waals surface area contributed by atoms with Crippen LogP contribution in [0.25, 0.3) is 10.2 Å². The van der Waals surface area contributed by atoms with Crippen molar-refractivity contribution < 1.29 is 4.79 Å². The predicted octanol–water partition coefficient (Wildman–Crippen LogP) is 2.97. The van der Waals surface area contributed by atoms with Crippen molar-refractivity contribution in [1.29, 1.82) is 0 Å². The van der Waals surface area contributed by atoms with E-state index in [0.29, 0.717) is 43.1 Å². The van der Waals surface area contributed by atoms with Crippen molar-refractivity contribution in [3.05, 3.63) is 57.8 Å². The number of thiazole rings is 1. The van der Waals surface area contributed by atoms with Crippen molar-refractivity contribution in [1.82, 2.24) is 35.5 Å². The molecule has 0 spiro atoms. The van der Waals surface area contributed by atoms with E-state index >= 15 is 0 Å². The smallest absolute Gasteiger partial charge is 0.267 e. The molecule has 37 heavy (non-hydrogen) atoms. The molecular weight excluding hydrogens is 510 g/mol. The SMILES string of the molecule is CSc1cnc(NN[C@H]2CC[C@H](Nc3nc4ccc(C(=O)N5CCc6c([nH][nH]c6=O)C5)cc4s3)C2)nc1. The van der Waals surface area contributed by atoms with Gasteiger partial charge >= 0.3 is 0 Å². The molecule has 4 heterocycles. The number of hydrazine groups is 1. The standard InChI is InChI=1S/C24H27N9O2S2/c1-36-16-10-25-23(26-11-16)32-29-15-4-3-14(9-15)27-24-28-18-5-2-13(8-20(18)37-24)22(35)33-7-6-17-19(12-33)30-31-21(17)34/h2,5,8,10-11,14-15,29H,3-4,6-7,9,12H2,1H3,(H,27,28)(H,25,26,32)(H2,30,31,34)/t14-,15-/m0/s1. The Bertz CT molecular complexity index is 1480. The second kappa shape index (κ2) is 10.1. The van der Waals surface area contributed by atoms with E-state index in [0.717, 1.165) is 50.8 Å². The first kappa shape index (κ1) is 23.9. The zero-order valence-corrected chi connectivity index (χ0v) is 21.8. The summed E-state index contributed by atoms with van der Waals surface area (Å²) in [5.41, 5.74) is 9.40. The van der Waals surface area contributed by atoms with Gasteiger partial charge in [0.15, 0.2) is 5.13 Å². The number of carbonyl (C=O) groups is 1. The van der Waals surface area contributed by atoms with Gasteiger partial charge in [-0.1, -0.05) is 11.3 Å². The quantitative estimate of drug-likeness (QED) is 0.178. The molecule has 192 valence electrons. The molecule has 0 saturated heterocycles. The summed E-state index contributed by atoms with van der Waals surface area (Å²) in [6.07, 6.45) is 9.18. The molecule has 0 radical (unpaired) electrons. The fourth-order valence-corrected chi connectivity index (χ4v) is 6.18. The number of H-pyrrole nitrogens is 2. The molecule has 0 bridgehead atoms. The molecule has 1 fully saturated rings. The third-order valence-electron chi connectivity index (χ3n) is 6.88. The number of carbonyl (C=O) groups excluding carboxylic acids is 1. The molecule has 4 aromatic rings. The molecule has 1 aromatic carbocycles. The highest BCUT2D eigenvalue weighted by atomic mass is 32.2. The van der Waals surface area contributed by atoms with Gasteiger partial charge in [0, 0.05) is 47.0 Å². The van der Waals surface area contributed by atoms with Crippen molar-refractivity contribution in [2.75, 3.05) is 23.5 Å². The fraction of sp³-hybridized carbons (Fsp3) is 0.375. The van der Waals surface area contributed by atoms with Gasteiger partial charge in [-0.15, -0.1) is 11.8 Å². The number of anilines is 2. The van der Waals surface area contributed by atoms with Gasteiger partial charge in [0.1, 0.15) is 0 Å². The Morgan fingerprint density at radius 2 is 2.03 bits per heavy atom. The summed E-state index contributed by atoms with van der Waals surface area (Å²) in [5.74, 6) is 0.527. The Kier molecular flexibility index (Phi) is 6.57. The zero-order chi connectivity index (χ0) is 25.4. The Labute approximate surface area is 220 Å². The molecule has 1 amide bonds. The highest BCUT2D eigenvalue weighted by Crippen LogP contribution is 2.31. The van der Waals surface area contributed by atoms with E-state index in [1.54, 1.807) is 40.4 Å². The van der Waals surface area contributed by atoms with Gasteiger partial charge in [-0.05, 0) is 50.1 Å². The van der Waals surface area contributed by atoms with Crippen LogP contribution < -0.4 is 21.7 Å². The summed E-state index contributed by atoms with van der Waals surface area (Å²) >= 11 is 3.18. The Morgan fingerprint density at radius 3 is 2.86 bits per heavy atom. The third-order valence-corrected chi connectivity index (χ3v) is 8.51. The van der Waals surface area contributed by atoms with Crippen molar-refractivity contribution in [2.24, 2.45) is 0 Å². The van der Waals surface area contributed by atoms with Gasteiger partial charge in [-0.25, -0.2) is 20.4 Å². The number of hydrogen-bond acceptors (Lipinski definition) is 10. The number of fused-ring (bicyclic) bond motifs is 2. The summed E-state index contributed by atoms with van der Waals surface area (Å²) in [6.45, 7) is 0.933. The van der Waals surface area contributed by atoms with Crippen LogP contribution in [0.5, 0.6) is 0 Å². The highest BCUT2D eigenvalue weighted by molar-refractivity contribution is 7.98. The van der Waals surface area contributed by atoms with E-state index < -0.39 is 0 Å². The van der Waals surface area contributed by atoms with Gasteiger partial charge in [0.25, 0.3) is 11.5 Å². The molecule has 1 aliphatic carbocycles. The fourth-order valence-electron chi connectivity index (χ4n) is 4.88. The van der Waals surface area contributed by atoms with Crippen molar-refractivity contribution >= 4 is 50.3 Å². The molecule has 6 rings (SSSR count). The Morgan fingerprint density at radius 1 is 1.19 bits per heavy atom. The minimum Gasteiger partial charge on any atom is -0.359 e. The maximum absolute atomic E-state index is 13.1. The van der Waals surface area contributed by atoms with Crippen LogP contribution in [-0.4, -0.2) is 60.8 Å². The summed E-state index contributed by atoms with van der Waals surface area (Å²) in [5, 5.41) is 9.93. The normalized spacial score (nSPS) is 19.2. The third kappa shape index (κ3) is 5.06. The molecule has 3 aromatic heterocycles. The molecule has 13 heteroatoms. The first-order valence-electron chi connectivity index (χ1n) is 12.2. The number of benzene rings is 1. The van der Waals surface area contributed by atoms with Gasteiger partial charge in [0.05, 0.1) is 22.5 Å². The lowest BCUT2D eigenvalue weighted by Gasteiger charge is -2.26. The van der Waals surface area contributed by atoms with Crippen LogP contribution in [0.1, 0.15) is 40.9 Å². The van der Waals surface area contributed by atoms with Crippen molar-refractivity contribution in [2.45, 2.75) is 49.2 Å². The van der Waals surface area contributed by atoms with E-state index in [4.69, 9.17) is 4.98 Å². The molecule has 11 nitrogen and oxygen atoms in total. The Hall–Kier alpha value is -3.42. The number of aromatic nitrogens is 5. The highest BCUT2D eigenvalue weighted by Gasteiger charge is 2.27. The number of nitrogens with one attached hydrogen (secondary N) is 5. The number of aromatic amines is 2. The van der Waals surface area contributed by atoms with Crippen LogP contribution in [0, 0.1) is 0 Å². The summed E-state index contributed by atoms with van der Waals surface area (Å²) in [6, 6.07) is 6.27. The first-order chi connectivity index (χ1) is 18.1. The van der Waals surface area contributed by atoms with Crippen LogP contribution in [0.3, 0.4) is 0 Å². The first-order valence-corrected chi connectivity index (χ1v) is 14.2. The lowest BCUT2D eigenvalue weighted by Crippen LogP contribution is -2.36. The van der Waals surface area contributed by atoms with Crippen molar-refractivity contribution in [3.8, 4) is 0 Å². The number of hydrogen-bond donors (Lipinski definition) is 5. The summed E-state index contributed by atoms with van der Waals surface area (Å²) < 4.78 is 0.973. The topological polar surface area (TPSA) is 144 Å². The lowest BCUT2D eigenvalue weighted by molar-refractivity contribution is 0.0732. The molecule has 1 aliphatic heterocycles.